The van der Waals surface area contributed by atoms with Crippen LogP contribution in [0.25, 0.3) is 0 Å². The number of nitrogens with one attached hydrogen (secondary N) is 2. The number of pyridine rings is 2. The SMILES string of the molecule is COc1cc([C@H](C)Nc2ccc(N3CCNC(=O)C3)cn2)ccn1. The third kappa shape index (κ3) is 3.73. The van der Waals surface area contributed by atoms with Crippen LogP contribution in [-0.2, 0) is 4.79 Å². The molecule has 0 unspecified atom stereocenters. The highest BCUT2D eigenvalue weighted by atomic mass is 16.5. The minimum absolute atomic E-state index is 0.0451. The van der Waals surface area contributed by atoms with Gasteiger partial charge in [0.2, 0.25) is 11.8 Å². The molecule has 126 valence electrons. The van der Waals surface area contributed by atoms with Crippen molar-refractivity contribution in [2.24, 2.45) is 0 Å². The molecule has 1 saturated heterocycles. The smallest absolute Gasteiger partial charge is 0.239 e. The van der Waals surface area contributed by atoms with E-state index in [0.29, 0.717) is 19.0 Å². The lowest BCUT2D eigenvalue weighted by molar-refractivity contribution is -0.120. The zero-order valence-corrected chi connectivity index (χ0v) is 13.8. The van der Waals surface area contributed by atoms with E-state index < -0.39 is 0 Å². The Hall–Kier alpha value is -2.83. The van der Waals surface area contributed by atoms with E-state index in [1.807, 2.05) is 29.2 Å². The van der Waals surface area contributed by atoms with Gasteiger partial charge in [0.1, 0.15) is 5.82 Å². The fourth-order valence-electron chi connectivity index (χ4n) is 2.63. The summed E-state index contributed by atoms with van der Waals surface area (Å²) in [6.07, 6.45) is 3.52. The number of carbonyl (C=O) groups is 1. The molecular formula is C17H21N5O2. The van der Waals surface area contributed by atoms with Crippen LogP contribution in [0, 0.1) is 0 Å². The van der Waals surface area contributed by atoms with Gasteiger partial charge < -0.3 is 20.3 Å². The highest BCUT2D eigenvalue weighted by molar-refractivity contribution is 5.82. The van der Waals surface area contributed by atoms with Crippen LogP contribution in [0.3, 0.4) is 0 Å². The van der Waals surface area contributed by atoms with E-state index in [4.69, 9.17) is 4.74 Å². The van der Waals surface area contributed by atoms with Gasteiger partial charge in [0.05, 0.1) is 31.6 Å². The van der Waals surface area contributed by atoms with Crippen molar-refractivity contribution in [2.75, 3.05) is 37.0 Å². The first-order valence-electron chi connectivity index (χ1n) is 7.90. The molecule has 1 atom stereocenters. The van der Waals surface area contributed by atoms with Gasteiger partial charge in [-0.3, -0.25) is 4.79 Å². The first-order valence-corrected chi connectivity index (χ1v) is 7.90. The molecule has 1 amide bonds. The van der Waals surface area contributed by atoms with E-state index in [0.717, 1.165) is 23.6 Å². The average Bonchev–Trinajstić information content (AvgIpc) is 2.62. The number of aromatic nitrogens is 2. The molecule has 2 aromatic rings. The average molecular weight is 327 g/mol. The fraction of sp³-hybridized carbons (Fsp3) is 0.353. The molecule has 0 radical (unpaired) electrons. The number of rotatable bonds is 5. The predicted octanol–water partition coefficient (Wildman–Crippen LogP) is 1.59. The second kappa shape index (κ2) is 7.16. The maximum atomic E-state index is 11.5. The van der Waals surface area contributed by atoms with Crippen LogP contribution in [0.4, 0.5) is 11.5 Å². The lowest BCUT2D eigenvalue weighted by Gasteiger charge is -2.28. The number of piperazine rings is 1. The molecule has 1 fully saturated rings. The summed E-state index contributed by atoms with van der Waals surface area (Å²) in [5.74, 6) is 1.42. The Morgan fingerprint density at radius 2 is 2.21 bits per heavy atom. The first-order chi connectivity index (χ1) is 11.7. The van der Waals surface area contributed by atoms with E-state index in [2.05, 4.69) is 27.5 Å². The molecule has 0 spiro atoms. The van der Waals surface area contributed by atoms with E-state index in [1.54, 1.807) is 19.5 Å². The van der Waals surface area contributed by atoms with Gasteiger partial charge in [0.15, 0.2) is 0 Å². The number of amides is 1. The summed E-state index contributed by atoms with van der Waals surface area (Å²) in [7, 11) is 1.60. The third-order valence-electron chi connectivity index (χ3n) is 3.98. The summed E-state index contributed by atoms with van der Waals surface area (Å²) in [5.41, 5.74) is 2.02. The topological polar surface area (TPSA) is 79.4 Å². The van der Waals surface area contributed by atoms with Crippen LogP contribution < -0.4 is 20.3 Å². The molecule has 7 heteroatoms. The summed E-state index contributed by atoms with van der Waals surface area (Å²) < 4.78 is 5.15. The number of hydrogen-bond donors (Lipinski definition) is 2. The highest BCUT2D eigenvalue weighted by Gasteiger charge is 2.16. The Morgan fingerprint density at radius 1 is 1.33 bits per heavy atom. The van der Waals surface area contributed by atoms with Crippen molar-refractivity contribution in [2.45, 2.75) is 13.0 Å². The molecular weight excluding hydrogens is 306 g/mol. The molecule has 1 aliphatic rings. The Bertz CT molecular complexity index is 704. The molecule has 0 saturated carbocycles. The van der Waals surface area contributed by atoms with Crippen LogP contribution in [0.5, 0.6) is 5.88 Å². The summed E-state index contributed by atoms with van der Waals surface area (Å²) in [6, 6.07) is 7.82. The van der Waals surface area contributed by atoms with Crippen LogP contribution in [-0.4, -0.2) is 42.6 Å². The molecule has 1 aliphatic heterocycles. The largest absolute Gasteiger partial charge is 0.481 e. The van der Waals surface area contributed by atoms with Crippen molar-refractivity contribution in [3.05, 3.63) is 42.2 Å². The van der Waals surface area contributed by atoms with Gasteiger partial charge in [-0.1, -0.05) is 0 Å². The van der Waals surface area contributed by atoms with E-state index in [-0.39, 0.29) is 11.9 Å². The standard InChI is InChI=1S/C17H21N5O2/c1-12(13-5-6-19-17(9-13)24-2)21-15-4-3-14(10-20-15)22-8-7-18-16(23)11-22/h3-6,9-10,12H,7-8,11H2,1-2H3,(H,18,23)(H,20,21)/t12-/m0/s1. The first kappa shape index (κ1) is 16.0. The molecule has 0 aromatic carbocycles. The lowest BCUT2D eigenvalue weighted by Crippen LogP contribution is -2.47. The van der Waals surface area contributed by atoms with Gasteiger partial charge in [-0.15, -0.1) is 0 Å². The molecule has 3 rings (SSSR count). The van der Waals surface area contributed by atoms with Crippen LogP contribution in [0.15, 0.2) is 36.7 Å². The molecule has 3 heterocycles. The zero-order chi connectivity index (χ0) is 16.9. The molecule has 7 nitrogen and oxygen atoms in total. The van der Waals surface area contributed by atoms with Gasteiger partial charge in [0.25, 0.3) is 0 Å². The van der Waals surface area contributed by atoms with Gasteiger partial charge >= 0.3 is 0 Å². The van der Waals surface area contributed by atoms with Gasteiger partial charge in [-0.25, -0.2) is 9.97 Å². The number of anilines is 2. The number of methoxy groups -OCH3 is 1. The minimum atomic E-state index is 0.0451. The molecule has 2 aromatic heterocycles. The maximum absolute atomic E-state index is 11.5. The lowest BCUT2D eigenvalue weighted by atomic mass is 10.1. The van der Waals surface area contributed by atoms with Crippen molar-refractivity contribution in [1.82, 2.24) is 15.3 Å². The number of hydrogen-bond acceptors (Lipinski definition) is 6. The van der Waals surface area contributed by atoms with E-state index >= 15 is 0 Å². The van der Waals surface area contributed by atoms with Crippen molar-refractivity contribution >= 4 is 17.4 Å². The zero-order valence-electron chi connectivity index (χ0n) is 13.8. The summed E-state index contributed by atoms with van der Waals surface area (Å²) in [4.78, 5) is 22.1. The van der Waals surface area contributed by atoms with Gasteiger partial charge in [0, 0.05) is 25.4 Å². The second-order valence-corrected chi connectivity index (χ2v) is 5.67. The summed E-state index contributed by atoms with van der Waals surface area (Å²) in [5, 5.41) is 6.17. The third-order valence-corrected chi connectivity index (χ3v) is 3.98. The monoisotopic (exact) mass is 327 g/mol. The van der Waals surface area contributed by atoms with Crippen LogP contribution in [0.1, 0.15) is 18.5 Å². The minimum Gasteiger partial charge on any atom is -0.481 e. The van der Waals surface area contributed by atoms with Crippen LogP contribution in [0.2, 0.25) is 0 Å². The van der Waals surface area contributed by atoms with E-state index in [9.17, 15) is 4.79 Å². The summed E-state index contributed by atoms with van der Waals surface area (Å²) >= 11 is 0. The summed E-state index contributed by atoms with van der Waals surface area (Å²) in [6.45, 7) is 3.90. The maximum Gasteiger partial charge on any atom is 0.239 e. The van der Waals surface area contributed by atoms with Crippen molar-refractivity contribution in [1.29, 1.82) is 0 Å². The number of carbonyl (C=O) groups excluding carboxylic acids is 1. The molecule has 24 heavy (non-hydrogen) atoms. The number of nitrogens with zero attached hydrogens (tertiary/aromatic N) is 3. The van der Waals surface area contributed by atoms with Gasteiger partial charge in [-0.2, -0.15) is 0 Å². The Morgan fingerprint density at radius 3 is 2.92 bits per heavy atom. The highest BCUT2D eigenvalue weighted by Crippen LogP contribution is 2.22. The quantitative estimate of drug-likeness (QED) is 0.868. The molecule has 0 aliphatic carbocycles. The second-order valence-electron chi connectivity index (χ2n) is 5.67. The van der Waals surface area contributed by atoms with Gasteiger partial charge in [-0.05, 0) is 30.7 Å². The van der Waals surface area contributed by atoms with Crippen LogP contribution >= 0.6 is 0 Å². The Kier molecular flexibility index (Phi) is 4.79. The van der Waals surface area contributed by atoms with Crippen molar-refractivity contribution in [3.8, 4) is 5.88 Å². The fourth-order valence-corrected chi connectivity index (χ4v) is 2.63. The molecule has 0 bridgehead atoms. The Balaban J connectivity index is 1.66. The van der Waals surface area contributed by atoms with E-state index in [1.165, 1.54) is 0 Å². The molecule has 2 N–H and O–H groups in total. The number of ether oxygens (including phenoxy) is 1. The van der Waals surface area contributed by atoms with Crippen molar-refractivity contribution < 1.29 is 9.53 Å². The normalized spacial score (nSPS) is 15.6. The predicted molar refractivity (Wildman–Crippen MR) is 92.3 cm³/mol. The Labute approximate surface area is 141 Å². The van der Waals surface area contributed by atoms with Crippen molar-refractivity contribution in [3.63, 3.8) is 0 Å².